The number of anilines is 2. The summed E-state index contributed by atoms with van der Waals surface area (Å²) < 4.78 is 11.6. The van der Waals surface area contributed by atoms with Crippen LogP contribution in [0.4, 0.5) is 11.4 Å². The van der Waals surface area contributed by atoms with Gasteiger partial charge in [0.05, 0.1) is 23.8 Å². The van der Waals surface area contributed by atoms with Gasteiger partial charge in [0, 0.05) is 31.0 Å². The van der Waals surface area contributed by atoms with Crippen molar-refractivity contribution in [2.24, 2.45) is 0 Å². The van der Waals surface area contributed by atoms with E-state index in [4.69, 9.17) is 9.47 Å². The number of hydrogen-bond acceptors (Lipinski definition) is 6. The molecule has 1 N–H and O–H groups in total. The van der Waals surface area contributed by atoms with Crippen LogP contribution in [0.5, 0.6) is 11.5 Å². The summed E-state index contributed by atoms with van der Waals surface area (Å²) in [6.07, 6.45) is -0.00223. The van der Waals surface area contributed by atoms with Crippen molar-refractivity contribution in [3.05, 3.63) is 89.0 Å². The second-order valence-corrected chi connectivity index (χ2v) is 10.5. The third-order valence-electron chi connectivity index (χ3n) is 6.47. The zero-order valence-corrected chi connectivity index (χ0v) is 23.6. The van der Waals surface area contributed by atoms with Crippen LogP contribution in [0.3, 0.4) is 0 Å². The predicted octanol–water partition coefficient (Wildman–Crippen LogP) is 6.26. The molecule has 7 heteroatoms. The molecule has 0 saturated carbocycles. The fourth-order valence-corrected chi connectivity index (χ4v) is 4.66. The normalized spacial score (nSPS) is 16.7. The zero-order chi connectivity index (χ0) is 28.4. The number of amides is 1. The smallest absolute Gasteiger partial charge is 0.300 e. The Morgan fingerprint density at radius 1 is 0.872 bits per heavy atom. The molecule has 39 heavy (non-hydrogen) atoms. The van der Waals surface area contributed by atoms with Crippen molar-refractivity contribution in [2.75, 3.05) is 23.9 Å². The van der Waals surface area contributed by atoms with Gasteiger partial charge in [-0.1, -0.05) is 12.1 Å². The van der Waals surface area contributed by atoms with E-state index in [0.717, 1.165) is 11.3 Å². The van der Waals surface area contributed by atoms with Crippen LogP contribution in [-0.2, 0) is 9.59 Å². The molecule has 1 aliphatic heterocycles. The van der Waals surface area contributed by atoms with Gasteiger partial charge in [-0.2, -0.15) is 0 Å². The van der Waals surface area contributed by atoms with Crippen molar-refractivity contribution in [2.45, 2.75) is 52.9 Å². The summed E-state index contributed by atoms with van der Waals surface area (Å²) in [5.74, 6) is -0.292. The van der Waals surface area contributed by atoms with E-state index in [9.17, 15) is 14.7 Å². The largest absolute Gasteiger partial charge is 0.507 e. The molecule has 0 spiro atoms. The number of aliphatic hydroxyl groups is 1. The molecule has 1 saturated heterocycles. The van der Waals surface area contributed by atoms with Crippen molar-refractivity contribution in [3.63, 3.8) is 0 Å². The Bertz CT molecular complexity index is 1390. The molecule has 0 bridgehead atoms. The molecule has 1 amide bonds. The lowest BCUT2D eigenvalue weighted by molar-refractivity contribution is -0.132. The van der Waals surface area contributed by atoms with E-state index < -0.39 is 17.7 Å². The van der Waals surface area contributed by atoms with Gasteiger partial charge in [-0.15, -0.1) is 0 Å². The molecule has 1 unspecified atom stereocenters. The highest BCUT2D eigenvalue weighted by molar-refractivity contribution is 6.51. The molecule has 0 aromatic heterocycles. The van der Waals surface area contributed by atoms with Crippen LogP contribution in [0.1, 0.15) is 50.4 Å². The number of carbonyl (C=O) groups excluding carboxylic acids is 2. The lowest BCUT2D eigenvalue weighted by atomic mass is 9.94. The number of hydrogen-bond donors (Lipinski definition) is 1. The van der Waals surface area contributed by atoms with Gasteiger partial charge in [0.15, 0.2) is 0 Å². The molecule has 0 radical (unpaired) electrons. The molecular weight excluding hydrogens is 492 g/mol. The predicted molar refractivity (Wildman–Crippen MR) is 155 cm³/mol. The Labute approximate surface area is 230 Å². The standard InChI is InChI=1S/C32H36N2O5/c1-19(2)38-26-15-8-22(9-16-26)29-28(30(35)23-10-17-27(21(5)18-23)39-20(3)4)31(36)32(37)34(29)25-13-11-24(12-14-25)33(6)7/h8-20,29,35H,1-7H3/b30-28-. The van der Waals surface area contributed by atoms with Gasteiger partial charge < -0.3 is 19.5 Å². The van der Waals surface area contributed by atoms with Crippen LogP contribution < -0.4 is 19.3 Å². The van der Waals surface area contributed by atoms with E-state index in [2.05, 4.69) is 0 Å². The Balaban J connectivity index is 1.85. The van der Waals surface area contributed by atoms with Crippen LogP contribution in [0.2, 0.25) is 0 Å². The monoisotopic (exact) mass is 528 g/mol. The van der Waals surface area contributed by atoms with Crippen LogP contribution in [0.15, 0.2) is 72.3 Å². The third kappa shape index (κ3) is 5.77. The van der Waals surface area contributed by atoms with Crippen LogP contribution in [0.25, 0.3) is 5.76 Å². The average Bonchev–Trinajstić information content (AvgIpc) is 3.15. The topological polar surface area (TPSA) is 79.3 Å². The molecule has 1 fully saturated rings. The number of benzene rings is 3. The quantitative estimate of drug-likeness (QED) is 0.211. The van der Waals surface area contributed by atoms with Crippen molar-refractivity contribution in [1.29, 1.82) is 0 Å². The lowest BCUT2D eigenvalue weighted by Crippen LogP contribution is -2.29. The molecule has 1 aliphatic rings. The van der Waals surface area contributed by atoms with Crippen molar-refractivity contribution >= 4 is 28.8 Å². The van der Waals surface area contributed by atoms with Gasteiger partial charge in [0.25, 0.3) is 11.7 Å². The number of carbonyl (C=O) groups is 2. The summed E-state index contributed by atoms with van der Waals surface area (Å²) in [6.45, 7) is 9.65. The van der Waals surface area contributed by atoms with Crippen molar-refractivity contribution in [1.82, 2.24) is 0 Å². The average molecular weight is 529 g/mol. The highest BCUT2D eigenvalue weighted by Gasteiger charge is 2.47. The highest BCUT2D eigenvalue weighted by atomic mass is 16.5. The van der Waals surface area contributed by atoms with Crippen LogP contribution in [-0.4, -0.2) is 43.1 Å². The van der Waals surface area contributed by atoms with E-state index in [0.29, 0.717) is 28.3 Å². The van der Waals surface area contributed by atoms with Gasteiger partial charge in [0.1, 0.15) is 17.3 Å². The number of aryl methyl sites for hydroxylation is 1. The fourth-order valence-electron chi connectivity index (χ4n) is 4.66. The minimum Gasteiger partial charge on any atom is -0.507 e. The molecule has 3 aromatic carbocycles. The third-order valence-corrected chi connectivity index (χ3v) is 6.47. The van der Waals surface area contributed by atoms with Crippen LogP contribution in [0, 0.1) is 6.92 Å². The van der Waals surface area contributed by atoms with Gasteiger partial charge in [0.2, 0.25) is 0 Å². The number of ketones is 1. The first kappa shape index (κ1) is 27.8. The molecule has 1 atom stereocenters. The zero-order valence-electron chi connectivity index (χ0n) is 23.6. The highest BCUT2D eigenvalue weighted by Crippen LogP contribution is 2.43. The van der Waals surface area contributed by atoms with Gasteiger partial charge in [-0.3, -0.25) is 14.5 Å². The number of Topliss-reactive ketones (excluding diaryl/α,β-unsaturated/α-hetero) is 1. The van der Waals surface area contributed by atoms with E-state index >= 15 is 0 Å². The lowest BCUT2D eigenvalue weighted by Gasteiger charge is -2.26. The molecular formula is C32H36N2O5. The number of ether oxygens (including phenoxy) is 2. The summed E-state index contributed by atoms with van der Waals surface area (Å²) >= 11 is 0. The molecule has 204 valence electrons. The first-order valence-electron chi connectivity index (χ1n) is 13.1. The molecule has 0 aliphatic carbocycles. The summed E-state index contributed by atoms with van der Waals surface area (Å²) in [6, 6.07) is 19.1. The van der Waals surface area contributed by atoms with Crippen molar-refractivity contribution < 1.29 is 24.2 Å². The van der Waals surface area contributed by atoms with Gasteiger partial charge in [-0.05, 0) is 100 Å². The number of rotatable bonds is 8. The van der Waals surface area contributed by atoms with Gasteiger partial charge >= 0.3 is 0 Å². The maximum atomic E-state index is 13.5. The maximum Gasteiger partial charge on any atom is 0.300 e. The molecule has 3 aromatic rings. The summed E-state index contributed by atoms with van der Waals surface area (Å²) in [7, 11) is 3.86. The molecule has 1 heterocycles. The SMILES string of the molecule is Cc1cc(/C(O)=C2/C(=O)C(=O)N(c3ccc(N(C)C)cc3)C2c2ccc(OC(C)C)cc2)ccc1OC(C)C. The minimum absolute atomic E-state index is 0.00239. The minimum atomic E-state index is -0.824. The first-order valence-corrected chi connectivity index (χ1v) is 13.1. The van der Waals surface area contributed by atoms with Crippen molar-refractivity contribution in [3.8, 4) is 11.5 Å². The number of aliphatic hydroxyl groups excluding tert-OH is 1. The van der Waals surface area contributed by atoms with E-state index in [-0.39, 0.29) is 23.5 Å². The fraction of sp³-hybridized carbons (Fsp3) is 0.312. The van der Waals surface area contributed by atoms with E-state index in [1.54, 1.807) is 18.2 Å². The summed E-state index contributed by atoms with van der Waals surface area (Å²) in [4.78, 5) is 30.4. The number of nitrogens with zero attached hydrogens (tertiary/aromatic N) is 2. The Morgan fingerprint density at radius 2 is 1.49 bits per heavy atom. The molecule has 7 nitrogen and oxygen atoms in total. The first-order chi connectivity index (χ1) is 18.5. The summed E-state index contributed by atoms with van der Waals surface area (Å²) in [5, 5.41) is 11.5. The Kier molecular flexibility index (Phi) is 8.00. The second kappa shape index (κ2) is 11.2. The van der Waals surface area contributed by atoms with Crippen LogP contribution >= 0.6 is 0 Å². The Hall–Kier alpha value is -4.26. The Morgan fingerprint density at radius 3 is 2.03 bits per heavy atom. The van der Waals surface area contributed by atoms with E-state index in [1.807, 2.05) is 102 Å². The second-order valence-electron chi connectivity index (χ2n) is 10.5. The van der Waals surface area contributed by atoms with Gasteiger partial charge in [-0.25, -0.2) is 0 Å². The molecule has 4 rings (SSSR count). The summed E-state index contributed by atoms with van der Waals surface area (Å²) in [5.41, 5.74) is 3.49. The maximum absolute atomic E-state index is 13.5. The van der Waals surface area contributed by atoms with E-state index in [1.165, 1.54) is 4.90 Å².